The van der Waals surface area contributed by atoms with Crippen LogP contribution in [0.5, 0.6) is 0 Å². The third-order valence-electron chi connectivity index (χ3n) is 2.97. The minimum absolute atomic E-state index is 0.00159. The molecule has 0 atom stereocenters. The number of hydrogen-bond acceptors (Lipinski definition) is 8. The maximum atomic E-state index is 12.0. The van der Waals surface area contributed by atoms with Gasteiger partial charge in [0, 0.05) is 17.5 Å². The maximum absolute atomic E-state index is 12.0. The van der Waals surface area contributed by atoms with Gasteiger partial charge in [0.25, 0.3) is 5.78 Å². The number of aryl methyl sites for hydroxylation is 2. The maximum Gasteiger partial charge on any atom is 0.324 e. The van der Waals surface area contributed by atoms with Crippen LogP contribution in [-0.4, -0.2) is 36.6 Å². The molecule has 0 saturated carbocycles. The topological polar surface area (TPSA) is 128 Å². The third-order valence-corrected chi connectivity index (χ3v) is 3.94. The number of nitro groups is 1. The number of aromatic nitrogens is 4. The van der Waals surface area contributed by atoms with Gasteiger partial charge in [0.2, 0.25) is 5.82 Å². The summed E-state index contributed by atoms with van der Waals surface area (Å²) in [6, 6.07) is 4.73. The van der Waals surface area contributed by atoms with Gasteiger partial charge in [-0.25, -0.2) is 14.9 Å². The normalized spacial score (nSPS) is 11.2. The average Bonchev–Trinajstić information content (AvgIpc) is 3.13. The summed E-state index contributed by atoms with van der Waals surface area (Å²) in [7, 11) is 0. The van der Waals surface area contributed by atoms with E-state index in [4.69, 9.17) is 0 Å². The third kappa shape index (κ3) is 3.10. The van der Waals surface area contributed by atoms with Gasteiger partial charge < -0.3 is 0 Å². The molecule has 11 heteroatoms. The highest BCUT2D eigenvalue weighted by atomic mass is 32.1. The lowest BCUT2D eigenvalue weighted by molar-refractivity contribution is -0.380. The highest BCUT2D eigenvalue weighted by Gasteiger charge is 2.14. The Morgan fingerprint density at radius 1 is 1.42 bits per heavy atom. The zero-order valence-corrected chi connectivity index (χ0v) is 13.4. The molecule has 122 valence electrons. The highest BCUT2D eigenvalue weighted by Crippen LogP contribution is 2.22. The van der Waals surface area contributed by atoms with Crippen molar-refractivity contribution in [1.29, 1.82) is 0 Å². The first-order valence-corrected chi connectivity index (χ1v) is 7.54. The minimum atomic E-state index is -0.597. The number of rotatable bonds is 4. The monoisotopic (exact) mass is 345 g/mol. The van der Waals surface area contributed by atoms with E-state index in [0.717, 1.165) is 22.7 Å². The van der Waals surface area contributed by atoms with Crippen molar-refractivity contribution < 1.29 is 9.72 Å². The van der Waals surface area contributed by atoms with E-state index in [1.807, 2.05) is 19.9 Å². The molecule has 0 saturated heterocycles. The molecule has 0 bridgehead atoms. The molecule has 24 heavy (non-hydrogen) atoms. The molecule has 1 amide bonds. The van der Waals surface area contributed by atoms with Crippen molar-refractivity contribution in [3.8, 4) is 0 Å². The van der Waals surface area contributed by atoms with Crippen LogP contribution in [-0.2, 0) is 0 Å². The number of hydrogen-bond donors (Lipinski definition) is 1. The molecule has 0 fully saturated rings. The van der Waals surface area contributed by atoms with E-state index in [2.05, 4.69) is 25.6 Å². The van der Waals surface area contributed by atoms with Crippen LogP contribution >= 0.6 is 11.3 Å². The summed E-state index contributed by atoms with van der Waals surface area (Å²) < 4.78 is 1.47. The van der Waals surface area contributed by atoms with Crippen molar-refractivity contribution in [1.82, 2.24) is 25.0 Å². The minimum Gasteiger partial charge on any atom is -0.264 e. The number of hydrazone groups is 1. The Bertz CT molecular complexity index is 975. The van der Waals surface area contributed by atoms with Gasteiger partial charge in [-0.15, -0.1) is 5.10 Å². The van der Waals surface area contributed by atoms with Crippen molar-refractivity contribution >= 4 is 34.2 Å². The van der Waals surface area contributed by atoms with E-state index in [9.17, 15) is 14.9 Å². The molecule has 0 aliphatic heterocycles. The lowest BCUT2D eigenvalue weighted by Gasteiger charge is -1.97. The van der Waals surface area contributed by atoms with E-state index >= 15 is 0 Å². The summed E-state index contributed by atoms with van der Waals surface area (Å²) in [6.45, 7) is 3.66. The molecule has 0 radical (unpaired) electrons. The van der Waals surface area contributed by atoms with E-state index < -0.39 is 10.8 Å². The molecule has 0 aromatic carbocycles. The number of nitrogens with zero attached hydrogens (tertiary/aromatic N) is 6. The number of thiophene rings is 1. The second-order valence-corrected chi connectivity index (χ2v) is 5.91. The molecule has 10 nitrogen and oxygen atoms in total. The van der Waals surface area contributed by atoms with Crippen molar-refractivity contribution in [2.24, 2.45) is 5.10 Å². The second kappa shape index (κ2) is 6.12. The molecule has 0 unspecified atom stereocenters. The lowest BCUT2D eigenvalue weighted by Crippen LogP contribution is -2.19. The smallest absolute Gasteiger partial charge is 0.264 e. The van der Waals surface area contributed by atoms with Crippen molar-refractivity contribution in [2.75, 3.05) is 0 Å². The Morgan fingerprint density at radius 3 is 2.92 bits per heavy atom. The average molecular weight is 345 g/mol. The van der Waals surface area contributed by atoms with E-state index in [-0.39, 0.29) is 10.8 Å². The van der Waals surface area contributed by atoms with Gasteiger partial charge >= 0.3 is 10.9 Å². The Kier molecular flexibility index (Phi) is 4.00. The predicted molar refractivity (Wildman–Crippen MR) is 86.3 cm³/mol. The summed E-state index contributed by atoms with van der Waals surface area (Å²) in [4.78, 5) is 30.9. The number of fused-ring (bicyclic) bond motifs is 1. The van der Waals surface area contributed by atoms with E-state index in [1.165, 1.54) is 22.9 Å². The molecule has 3 rings (SSSR count). The number of carbonyl (C=O) groups excluding carboxylic acids is 1. The second-order valence-electron chi connectivity index (χ2n) is 4.82. The zero-order chi connectivity index (χ0) is 17.3. The number of amides is 1. The first-order valence-electron chi connectivity index (χ1n) is 6.72. The fraction of sp³-hybridized carbons (Fsp3) is 0.154. The summed E-state index contributed by atoms with van der Waals surface area (Å²) in [5.41, 5.74) is 3.86. The predicted octanol–water partition coefficient (Wildman–Crippen LogP) is 1.47. The van der Waals surface area contributed by atoms with Gasteiger partial charge in [-0.3, -0.25) is 14.9 Å². The largest absolute Gasteiger partial charge is 0.324 e. The van der Waals surface area contributed by atoms with Gasteiger partial charge in [-0.2, -0.15) is 10.1 Å². The number of nitrogens with one attached hydrogen (secondary N) is 1. The van der Waals surface area contributed by atoms with E-state index in [1.54, 1.807) is 0 Å². The molecular weight excluding hydrogens is 334 g/mol. The molecule has 3 aromatic heterocycles. The molecule has 3 aromatic rings. The summed E-state index contributed by atoms with van der Waals surface area (Å²) in [6.07, 6.45) is 1.32. The van der Waals surface area contributed by atoms with E-state index in [0.29, 0.717) is 10.7 Å². The zero-order valence-electron chi connectivity index (χ0n) is 12.6. The summed E-state index contributed by atoms with van der Waals surface area (Å²) in [5, 5.41) is 18.4. The van der Waals surface area contributed by atoms with Gasteiger partial charge in [0.1, 0.15) is 0 Å². The molecule has 3 heterocycles. The molecule has 0 aliphatic carbocycles. The first-order chi connectivity index (χ1) is 11.4. The lowest BCUT2D eigenvalue weighted by atomic mass is 10.4. The molecule has 1 N–H and O–H groups in total. The fourth-order valence-corrected chi connectivity index (χ4v) is 2.67. The SMILES string of the molecule is Cc1cc(C)n2nc(C(=O)N/N=C/c3ccc([N+](=O)[O-])s3)nc2n1. The van der Waals surface area contributed by atoms with Crippen LogP contribution in [0, 0.1) is 24.0 Å². The van der Waals surface area contributed by atoms with Gasteiger partial charge in [0.05, 0.1) is 16.0 Å². The Hall–Kier alpha value is -3.21. The van der Waals surface area contributed by atoms with Crippen LogP contribution < -0.4 is 5.43 Å². The number of carbonyl (C=O) groups is 1. The molecular formula is C13H11N7O3S. The molecule has 0 spiro atoms. The van der Waals surface area contributed by atoms with Gasteiger partial charge in [-0.1, -0.05) is 11.3 Å². The molecule has 0 aliphatic rings. The van der Waals surface area contributed by atoms with Crippen LogP contribution in [0.4, 0.5) is 5.00 Å². The van der Waals surface area contributed by atoms with Crippen molar-refractivity contribution in [2.45, 2.75) is 13.8 Å². The van der Waals surface area contributed by atoms with Crippen LogP contribution in [0.15, 0.2) is 23.3 Å². The Balaban J connectivity index is 1.73. The first kappa shape index (κ1) is 15.7. The summed E-state index contributed by atoms with van der Waals surface area (Å²) in [5.74, 6) is -0.333. The quantitative estimate of drug-likeness (QED) is 0.433. The van der Waals surface area contributed by atoms with Gasteiger partial charge in [-0.05, 0) is 26.0 Å². The van der Waals surface area contributed by atoms with Crippen molar-refractivity contribution in [3.05, 3.63) is 50.4 Å². The van der Waals surface area contributed by atoms with Crippen molar-refractivity contribution in [3.63, 3.8) is 0 Å². The van der Waals surface area contributed by atoms with Gasteiger partial charge in [0.15, 0.2) is 0 Å². The van der Waals surface area contributed by atoms with Crippen LogP contribution in [0.1, 0.15) is 26.9 Å². The van der Waals surface area contributed by atoms with Crippen LogP contribution in [0.2, 0.25) is 0 Å². The Labute approximate surface area is 139 Å². The highest BCUT2D eigenvalue weighted by molar-refractivity contribution is 7.16. The van der Waals surface area contributed by atoms with Crippen LogP contribution in [0.25, 0.3) is 5.78 Å². The Morgan fingerprint density at radius 2 is 2.21 bits per heavy atom. The standard InChI is InChI=1S/C13H11N7O3S/c1-7-5-8(2)19-13(15-7)16-11(18-19)12(21)17-14-6-9-3-4-10(24-9)20(22)23/h3-6H,1-2H3,(H,17,21)/b14-6+. The van der Waals surface area contributed by atoms with Crippen LogP contribution in [0.3, 0.4) is 0 Å². The fourth-order valence-electron chi connectivity index (χ4n) is 1.98. The summed E-state index contributed by atoms with van der Waals surface area (Å²) >= 11 is 0.951.